The summed E-state index contributed by atoms with van der Waals surface area (Å²) in [5, 5.41) is 11.1. The molecular formula is C15H15NO3. The molecule has 2 aromatic rings. The van der Waals surface area contributed by atoms with Gasteiger partial charge in [-0.25, -0.2) is 0 Å². The summed E-state index contributed by atoms with van der Waals surface area (Å²) in [4.78, 5) is 10.7. The number of nitro benzene ring substituents is 1. The number of para-hydroxylation sites is 1. The highest BCUT2D eigenvalue weighted by molar-refractivity contribution is 5.45. The van der Waals surface area contributed by atoms with Crippen molar-refractivity contribution >= 4 is 5.69 Å². The number of hydrogen-bond acceptors (Lipinski definition) is 3. The van der Waals surface area contributed by atoms with E-state index in [-0.39, 0.29) is 10.6 Å². The second kappa shape index (κ2) is 5.63. The number of hydrogen-bond donors (Lipinski definition) is 0. The molecule has 0 N–H and O–H groups in total. The van der Waals surface area contributed by atoms with E-state index in [0.29, 0.717) is 5.56 Å². The SMILES string of the molecule is COC(c1ccc(C)cc1)c1ccccc1[N+](=O)[O-]. The van der Waals surface area contributed by atoms with E-state index in [4.69, 9.17) is 4.74 Å². The van der Waals surface area contributed by atoms with Gasteiger partial charge in [-0.05, 0) is 18.6 Å². The smallest absolute Gasteiger partial charge is 0.275 e. The minimum absolute atomic E-state index is 0.0786. The van der Waals surface area contributed by atoms with Gasteiger partial charge in [0, 0.05) is 13.2 Å². The summed E-state index contributed by atoms with van der Waals surface area (Å²) in [6, 6.07) is 14.5. The lowest BCUT2D eigenvalue weighted by atomic mass is 9.99. The highest BCUT2D eigenvalue weighted by Crippen LogP contribution is 2.32. The van der Waals surface area contributed by atoms with Crippen LogP contribution >= 0.6 is 0 Å². The fraction of sp³-hybridized carbons (Fsp3) is 0.200. The molecule has 0 saturated heterocycles. The highest BCUT2D eigenvalue weighted by Gasteiger charge is 2.22. The van der Waals surface area contributed by atoms with Gasteiger partial charge < -0.3 is 4.74 Å². The zero-order valence-electron chi connectivity index (χ0n) is 10.9. The number of nitro groups is 1. The summed E-state index contributed by atoms with van der Waals surface area (Å²) < 4.78 is 5.45. The molecule has 0 bridgehead atoms. The summed E-state index contributed by atoms with van der Waals surface area (Å²) in [5.74, 6) is 0. The van der Waals surface area contributed by atoms with Crippen molar-refractivity contribution in [3.63, 3.8) is 0 Å². The van der Waals surface area contributed by atoms with Gasteiger partial charge in [0.15, 0.2) is 0 Å². The van der Waals surface area contributed by atoms with E-state index in [1.165, 1.54) is 6.07 Å². The monoisotopic (exact) mass is 257 g/mol. The summed E-state index contributed by atoms with van der Waals surface area (Å²) in [6.07, 6.45) is -0.429. The van der Waals surface area contributed by atoms with Crippen molar-refractivity contribution in [3.05, 3.63) is 75.3 Å². The lowest BCUT2D eigenvalue weighted by molar-refractivity contribution is -0.386. The Morgan fingerprint density at radius 3 is 2.32 bits per heavy atom. The molecule has 0 radical (unpaired) electrons. The standard InChI is InChI=1S/C15H15NO3/c1-11-7-9-12(10-8-11)15(19-2)13-5-3-4-6-14(13)16(17)18/h3-10,15H,1-2H3. The van der Waals surface area contributed by atoms with Gasteiger partial charge in [0.25, 0.3) is 5.69 Å². The second-order valence-corrected chi connectivity index (χ2v) is 4.34. The Morgan fingerprint density at radius 2 is 1.74 bits per heavy atom. The molecule has 0 aromatic heterocycles. The third-order valence-corrected chi connectivity index (χ3v) is 3.03. The van der Waals surface area contributed by atoms with Crippen molar-refractivity contribution in [2.75, 3.05) is 7.11 Å². The quantitative estimate of drug-likeness (QED) is 0.620. The molecule has 2 aromatic carbocycles. The summed E-state index contributed by atoms with van der Waals surface area (Å²) in [5.41, 5.74) is 2.69. The normalized spacial score (nSPS) is 12.1. The Labute approximate surface area is 111 Å². The van der Waals surface area contributed by atoms with E-state index in [0.717, 1.165) is 11.1 Å². The molecule has 1 unspecified atom stereocenters. The maximum absolute atomic E-state index is 11.1. The summed E-state index contributed by atoms with van der Waals surface area (Å²) in [6.45, 7) is 2.00. The van der Waals surface area contributed by atoms with Gasteiger partial charge in [-0.1, -0.05) is 42.0 Å². The number of methoxy groups -OCH3 is 1. The van der Waals surface area contributed by atoms with Crippen molar-refractivity contribution < 1.29 is 9.66 Å². The molecule has 98 valence electrons. The van der Waals surface area contributed by atoms with Gasteiger partial charge in [-0.2, -0.15) is 0 Å². The Bertz CT molecular complexity index is 578. The average Bonchev–Trinajstić information content (AvgIpc) is 2.42. The van der Waals surface area contributed by atoms with Crippen LogP contribution in [0.1, 0.15) is 22.8 Å². The molecule has 0 amide bonds. The molecule has 19 heavy (non-hydrogen) atoms. The van der Waals surface area contributed by atoms with E-state index in [9.17, 15) is 10.1 Å². The number of nitrogens with zero attached hydrogens (tertiary/aromatic N) is 1. The largest absolute Gasteiger partial charge is 0.372 e. The Morgan fingerprint density at radius 1 is 1.11 bits per heavy atom. The first-order chi connectivity index (χ1) is 9.13. The molecular weight excluding hydrogens is 242 g/mol. The summed E-state index contributed by atoms with van der Waals surface area (Å²) >= 11 is 0. The lowest BCUT2D eigenvalue weighted by Gasteiger charge is -2.16. The molecule has 0 fully saturated rings. The highest BCUT2D eigenvalue weighted by atomic mass is 16.6. The fourth-order valence-electron chi connectivity index (χ4n) is 2.06. The molecule has 2 rings (SSSR count). The van der Waals surface area contributed by atoms with Crippen LogP contribution in [0.4, 0.5) is 5.69 Å². The van der Waals surface area contributed by atoms with Crippen LogP contribution in [0.5, 0.6) is 0 Å². The number of benzene rings is 2. The van der Waals surface area contributed by atoms with Gasteiger partial charge in [0.2, 0.25) is 0 Å². The maximum atomic E-state index is 11.1. The van der Waals surface area contributed by atoms with Crippen molar-refractivity contribution in [3.8, 4) is 0 Å². The average molecular weight is 257 g/mol. The zero-order valence-corrected chi connectivity index (χ0v) is 10.9. The van der Waals surface area contributed by atoms with Crippen LogP contribution in [0.2, 0.25) is 0 Å². The third kappa shape index (κ3) is 2.80. The lowest BCUT2D eigenvalue weighted by Crippen LogP contribution is -2.06. The van der Waals surface area contributed by atoms with Crippen LogP contribution in [0.15, 0.2) is 48.5 Å². The number of rotatable bonds is 4. The topological polar surface area (TPSA) is 52.4 Å². The third-order valence-electron chi connectivity index (χ3n) is 3.03. The van der Waals surface area contributed by atoms with Gasteiger partial charge in [0.1, 0.15) is 6.10 Å². The Kier molecular flexibility index (Phi) is 3.92. The van der Waals surface area contributed by atoms with Gasteiger partial charge in [0.05, 0.1) is 10.5 Å². The van der Waals surface area contributed by atoms with Crippen LogP contribution in [-0.2, 0) is 4.74 Å². The van der Waals surface area contributed by atoms with Gasteiger partial charge >= 0.3 is 0 Å². The number of aryl methyl sites for hydroxylation is 1. The van der Waals surface area contributed by atoms with E-state index in [1.807, 2.05) is 31.2 Å². The first-order valence-electron chi connectivity index (χ1n) is 5.96. The Balaban J connectivity index is 2.48. The van der Waals surface area contributed by atoms with Crippen LogP contribution < -0.4 is 0 Å². The van der Waals surface area contributed by atoms with Crippen molar-refractivity contribution in [2.24, 2.45) is 0 Å². The predicted octanol–water partition coefficient (Wildman–Crippen LogP) is 3.64. The molecule has 4 nitrogen and oxygen atoms in total. The molecule has 0 heterocycles. The Hall–Kier alpha value is -2.20. The molecule has 0 aliphatic rings. The molecule has 0 saturated carbocycles. The van der Waals surface area contributed by atoms with Crippen molar-refractivity contribution in [1.82, 2.24) is 0 Å². The van der Waals surface area contributed by atoms with Gasteiger partial charge in [-0.15, -0.1) is 0 Å². The molecule has 4 heteroatoms. The van der Waals surface area contributed by atoms with Crippen molar-refractivity contribution in [1.29, 1.82) is 0 Å². The van der Waals surface area contributed by atoms with E-state index < -0.39 is 6.10 Å². The summed E-state index contributed by atoms with van der Waals surface area (Å²) in [7, 11) is 1.56. The second-order valence-electron chi connectivity index (χ2n) is 4.34. The van der Waals surface area contributed by atoms with Crippen LogP contribution in [0.25, 0.3) is 0 Å². The van der Waals surface area contributed by atoms with E-state index >= 15 is 0 Å². The molecule has 1 atom stereocenters. The zero-order chi connectivity index (χ0) is 13.8. The maximum Gasteiger partial charge on any atom is 0.275 e. The molecule has 0 aliphatic carbocycles. The minimum atomic E-state index is -0.429. The molecule has 0 spiro atoms. The van der Waals surface area contributed by atoms with Crippen LogP contribution in [-0.4, -0.2) is 12.0 Å². The number of ether oxygens (including phenoxy) is 1. The first-order valence-corrected chi connectivity index (χ1v) is 5.96. The van der Waals surface area contributed by atoms with Crippen LogP contribution in [0, 0.1) is 17.0 Å². The van der Waals surface area contributed by atoms with Crippen molar-refractivity contribution in [2.45, 2.75) is 13.0 Å². The fourth-order valence-corrected chi connectivity index (χ4v) is 2.06. The first kappa shape index (κ1) is 13.2. The predicted molar refractivity (Wildman–Crippen MR) is 73.1 cm³/mol. The minimum Gasteiger partial charge on any atom is -0.372 e. The van der Waals surface area contributed by atoms with Gasteiger partial charge in [-0.3, -0.25) is 10.1 Å². The van der Waals surface area contributed by atoms with E-state index in [1.54, 1.807) is 25.3 Å². The molecule has 0 aliphatic heterocycles. The van der Waals surface area contributed by atoms with E-state index in [2.05, 4.69) is 0 Å². The van der Waals surface area contributed by atoms with Crippen LogP contribution in [0.3, 0.4) is 0 Å².